The predicted octanol–water partition coefficient (Wildman–Crippen LogP) is 5.50. The molecule has 0 aliphatic rings. The van der Waals surface area contributed by atoms with Crippen LogP contribution >= 0.6 is 22.6 Å². The van der Waals surface area contributed by atoms with Crippen LogP contribution in [-0.4, -0.2) is 10.9 Å². The third-order valence-corrected chi connectivity index (χ3v) is 6.51. The number of benzene rings is 3. The number of carbonyl (C=O) groups is 1. The molecule has 0 aliphatic carbocycles. The molecule has 0 amide bonds. The molecule has 0 aromatic heterocycles. The molecule has 1 unspecified atom stereocenters. The normalized spacial score (nSPS) is 11.8. The minimum Gasteiger partial charge on any atom is -0.497 e. The lowest BCUT2D eigenvalue weighted by Crippen LogP contribution is -2.05. The number of carbonyl (C=O) groups excluding carboxylic acids is 1. The topological polar surface area (TPSA) is 26.3 Å². The molecular weight excluding hydrogens is 450 g/mol. The van der Waals surface area contributed by atoms with Crippen molar-refractivity contribution in [2.45, 2.75) is 14.7 Å². The van der Waals surface area contributed by atoms with Crippen LogP contribution in [0.1, 0.15) is 10.4 Å². The van der Waals surface area contributed by atoms with E-state index in [1.807, 2.05) is 48.5 Å². The van der Waals surface area contributed by atoms with Crippen LogP contribution in [0.25, 0.3) is 0 Å². The zero-order valence-electron chi connectivity index (χ0n) is 13.4. The van der Waals surface area contributed by atoms with E-state index in [1.165, 1.54) is 12.1 Å². The summed E-state index contributed by atoms with van der Waals surface area (Å²) in [6, 6.07) is 22.0. The number of hydrogen-bond acceptors (Lipinski definition) is 2. The maximum Gasteiger partial charge on any atom is 0.222 e. The zero-order valence-corrected chi connectivity index (χ0v) is 16.4. The summed E-state index contributed by atoms with van der Waals surface area (Å²) in [5.41, 5.74) is 0.668. The van der Waals surface area contributed by atoms with Crippen LogP contribution in [0, 0.1) is 5.82 Å². The van der Waals surface area contributed by atoms with E-state index >= 15 is 0 Å². The molecule has 3 aromatic rings. The molecule has 0 radical (unpaired) electrons. The summed E-state index contributed by atoms with van der Waals surface area (Å²) in [4.78, 5) is 14.7. The second-order valence-corrected chi connectivity index (χ2v) is 8.24. The van der Waals surface area contributed by atoms with Crippen LogP contribution in [0.3, 0.4) is 0 Å². The van der Waals surface area contributed by atoms with Crippen molar-refractivity contribution < 1.29 is 13.9 Å². The van der Waals surface area contributed by atoms with E-state index in [4.69, 9.17) is 4.74 Å². The van der Waals surface area contributed by atoms with Gasteiger partial charge in [0.1, 0.15) is 11.6 Å². The molecule has 25 heavy (non-hydrogen) atoms. The lowest BCUT2D eigenvalue weighted by molar-refractivity contribution is 0.110. The Bertz CT molecular complexity index is 862. The zero-order chi connectivity index (χ0) is 17.8. The molecule has 0 bridgehead atoms. The molecule has 2 nitrogen and oxygen atoms in total. The van der Waals surface area contributed by atoms with Gasteiger partial charge in [0, 0.05) is 28.2 Å². The van der Waals surface area contributed by atoms with Gasteiger partial charge in [-0.05, 0) is 72.8 Å². The van der Waals surface area contributed by atoms with Gasteiger partial charge in [-0.3, -0.25) is 4.79 Å². The number of halogens is 2. The number of ether oxygens (including phenoxy) is 1. The molecule has 0 fully saturated rings. The van der Waals surface area contributed by atoms with Crippen LogP contribution in [0.15, 0.2) is 87.5 Å². The minimum absolute atomic E-state index is 0.00950. The third-order valence-electron chi connectivity index (χ3n) is 3.66. The number of methoxy groups -OCH3 is 1. The van der Waals surface area contributed by atoms with Gasteiger partial charge in [0.2, 0.25) is 3.79 Å². The van der Waals surface area contributed by atoms with E-state index in [1.54, 1.807) is 41.8 Å². The smallest absolute Gasteiger partial charge is 0.222 e. The number of rotatable bonds is 5. The van der Waals surface area contributed by atoms with Gasteiger partial charge >= 0.3 is 0 Å². The summed E-state index contributed by atoms with van der Waals surface area (Å²) in [6.45, 7) is 0. The maximum absolute atomic E-state index is 13.3. The molecule has 0 heterocycles. The first kappa shape index (κ1) is 17.9. The van der Waals surface area contributed by atoms with Crippen molar-refractivity contribution in [1.82, 2.24) is 0 Å². The highest BCUT2D eigenvalue weighted by molar-refractivity contribution is 14.1. The molecular formula is C20H15FIO2S+. The van der Waals surface area contributed by atoms with E-state index in [9.17, 15) is 9.18 Å². The summed E-state index contributed by atoms with van der Waals surface area (Å²) in [6.07, 6.45) is 0. The van der Waals surface area contributed by atoms with Gasteiger partial charge in [0.05, 0.1) is 18.0 Å². The summed E-state index contributed by atoms with van der Waals surface area (Å²) in [5.74, 6) is 0.533. The highest BCUT2D eigenvalue weighted by atomic mass is 127. The van der Waals surface area contributed by atoms with Crippen molar-refractivity contribution >= 4 is 37.3 Å². The highest BCUT2D eigenvalue weighted by Crippen LogP contribution is 2.32. The Morgan fingerprint density at radius 3 is 1.72 bits per heavy atom. The van der Waals surface area contributed by atoms with Crippen molar-refractivity contribution in [2.24, 2.45) is 0 Å². The Morgan fingerprint density at radius 2 is 1.28 bits per heavy atom. The monoisotopic (exact) mass is 465 g/mol. The predicted molar refractivity (Wildman–Crippen MR) is 106 cm³/mol. The van der Waals surface area contributed by atoms with Crippen molar-refractivity contribution in [2.75, 3.05) is 7.11 Å². The lowest BCUT2D eigenvalue weighted by atomic mass is 10.2. The van der Waals surface area contributed by atoms with E-state index in [2.05, 4.69) is 0 Å². The van der Waals surface area contributed by atoms with Crippen molar-refractivity contribution in [3.8, 4) is 5.75 Å². The summed E-state index contributed by atoms with van der Waals surface area (Å²) < 4.78 is 18.6. The van der Waals surface area contributed by atoms with E-state index in [0.29, 0.717) is 5.56 Å². The molecule has 0 saturated heterocycles. The van der Waals surface area contributed by atoms with E-state index in [-0.39, 0.29) is 9.61 Å². The molecule has 0 saturated carbocycles. The Labute approximate surface area is 162 Å². The Hall–Kier alpha value is -1.86. The van der Waals surface area contributed by atoms with Crippen molar-refractivity contribution in [3.63, 3.8) is 0 Å². The standard InChI is InChI=1S/C20H15FIO2S/c1-24-16-6-12-19(13-7-16)25(18-10-4-15(21)5-11-18)17-8-2-14(3-9-17)20(22)23/h2-13H,1H3/q+1. The van der Waals surface area contributed by atoms with E-state index < -0.39 is 10.9 Å². The molecule has 0 spiro atoms. The second-order valence-electron chi connectivity index (χ2n) is 5.23. The summed E-state index contributed by atoms with van der Waals surface area (Å²) in [5, 5.41) is 0. The molecule has 5 heteroatoms. The Morgan fingerprint density at radius 1 is 0.840 bits per heavy atom. The van der Waals surface area contributed by atoms with Crippen LogP contribution in [0.2, 0.25) is 0 Å². The SMILES string of the molecule is COc1ccc([S+](c2ccc(F)cc2)c2ccc(C(=O)I)cc2)cc1. The molecule has 3 aromatic carbocycles. The molecule has 0 N–H and O–H groups in total. The van der Waals surface area contributed by atoms with Crippen molar-refractivity contribution in [3.05, 3.63) is 84.2 Å². The average molecular weight is 465 g/mol. The van der Waals surface area contributed by atoms with Crippen LogP contribution in [0.5, 0.6) is 5.75 Å². The van der Waals surface area contributed by atoms with Gasteiger partial charge in [-0.25, -0.2) is 4.39 Å². The van der Waals surface area contributed by atoms with Gasteiger partial charge < -0.3 is 4.74 Å². The first-order valence-corrected chi connectivity index (χ1v) is 9.82. The van der Waals surface area contributed by atoms with Gasteiger partial charge in [-0.1, -0.05) is 0 Å². The van der Waals surface area contributed by atoms with Crippen LogP contribution in [0.4, 0.5) is 4.39 Å². The molecule has 3 rings (SSSR count). The fourth-order valence-electron chi connectivity index (χ4n) is 2.41. The Kier molecular flexibility index (Phi) is 5.75. The third kappa shape index (κ3) is 4.22. The Balaban J connectivity index is 2.07. The first-order valence-electron chi connectivity index (χ1n) is 7.52. The van der Waals surface area contributed by atoms with Gasteiger partial charge in [0.25, 0.3) is 0 Å². The maximum atomic E-state index is 13.3. The summed E-state index contributed by atoms with van der Waals surface area (Å²) >= 11 is 1.78. The second kappa shape index (κ2) is 8.01. The molecule has 126 valence electrons. The average Bonchev–Trinajstić information content (AvgIpc) is 2.64. The first-order chi connectivity index (χ1) is 12.1. The van der Waals surface area contributed by atoms with Gasteiger partial charge in [0.15, 0.2) is 14.7 Å². The largest absolute Gasteiger partial charge is 0.497 e. The minimum atomic E-state index is -0.391. The fraction of sp³-hybridized carbons (Fsp3) is 0.0500. The molecule has 0 aliphatic heterocycles. The number of hydrogen-bond donors (Lipinski definition) is 0. The highest BCUT2D eigenvalue weighted by Gasteiger charge is 2.28. The van der Waals surface area contributed by atoms with E-state index in [0.717, 1.165) is 20.4 Å². The van der Waals surface area contributed by atoms with Crippen molar-refractivity contribution in [1.29, 1.82) is 0 Å². The summed E-state index contributed by atoms with van der Waals surface area (Å²) in [7, 11) is 1.24. The van der Waals surface area contributed by atoms with Crippen LogP contribution in [-0.2, 0) is 10.9 Å². The quantitative estimate of drug-likeness (QED) is 0.283. The van der Waals surface area contributed by atoms with Gasteiger partial charge in [-0.15, -0.1) is 0 Å². The molecule has 1 atom stereocenters. The van der Waals surface area contributed by atoms with Crippen LogP contribution < -0.4 is 4.74 Å². The fourth-order valence-corrected chi connectivity index (χ4v) is 4.81. The lowest BCUT2D eigenvalue weighted by Gasteiger charge is -2.09. The van der Waals surface area contributed by atoms with Gasteiger partial charge in [-0.2, -0.15) is 0 Å².